The molecule has 0 radical (unpaired) electrons. The summed E-state index contributed by atoms with van der Waals surface area (Å²) in [7, 11) is 0. The summed E-state index contributed by atoms with van der Waals surface area (Å²) in [5, 5.41) is 8.42. The van der Waals surface area contributed by atoms with E-state index in [9.17, 15) is 4.39 Å². The third-order valence-corrected chi connectivity index (χ3v) is 5.46. The minimum Gasteiger partial charge on any atom is -0.366 e. The van der Waals surface area contributed by atoms with E-state index in [-0.39, 0.29) is 6.54 Å². The minimum atomic E-state index is -0.440. The van der Waals surface area contributed by atoms with Crippen LogP contribution in [0.15, 0.2) is 30.6 Å². The molecule has 2 aromatic heterocycles. The van der Waals surface area contributed by atoms with Gasteiger partial charge in [0.15, 0.2) is 0 Å². The molecule has 7 heteroatoms. The second-order valence-corrected chi connectivity index (χ2v) is 7.30. The average molecular weight is 368 g/mol. The molecule has 6 nitrogen and oxygen atoms in total. The van der Waals surface area contributed by atoms with Gasteiger partial charge in [-0.15, -0.1) is 0 Å². The molecule has 3 aromatic rings. The highest BCUT2D eigenvalue weighted by atomic mass is 19.1. The summed E-state index contributed by atoms with van der Waals surface area (Å²) in [6, 6.07) is 7.46. The first-order chi connectivity index (χ1) is 13.1. The largest absolute Gasteiger partial charge is 0.366 e. The number of aromatic nitrogens is 4. The molecular weight excluding hydrogens is 343 g/mol. The van der Waals surface area contributed by atoms with Crippen LogP contribution in [0.1, 0.15) is 32.4 Å². The molecule has 2 atom stereocenters. The third-order valence-electron chi connectivity index (χ3n) is 5.46. The molecule has 1 N–H and O–H groups in total. The molecule has 0 bridgehead atoms. The van der Waals surface area contributed by atoms with Crippen LogP contribution in [0.2, 0.25) is 0 Å². The van der Waals surface area contributed by atoms with Crippen LogP contribution >= 0.6 is 0 Å². The maximum absolute atomic E-state index is 12.6. The van der Waals surface area contributed by atoms with Gasteiger partial charge in [-0.3, -0.25) is 4.68 Å². The highest BCUT2D eigenvalue weighted by Gasteiger charge is 2.27. The lowest BCUT2D eigenvalue weighted by Crippen LogP contribution is -2.32. The maximum atomic E-state index is 12.6. The Morgan fingerprint density at radius 1 is 1.19 bits per heavy atom. The number of rotatable bonds is 5. The third kappa shape index (κ3) is 3.34. The van der Waals surface area contributed by atoms with Gasteiger partial charge in [-0.2, -0.15) is 5.10 Å². The molecule has 0 unspecified atom stereocenters. The van der Waals surface area contributed by atoms with E-state index in [1.165, 1.54) is 18.5 Å². The molecule has 0 spiro atoms. The summed E-state index contributed by atoms with van der Waals surface area (Å²) >= 11 is 0. The standard InChI is InChI=1S/C20H25FN6/c1-13-4-5-14(2)27(13)17-7-6-16-11-22-20(24-18(16)10-17)25-19-12-23-26(9-8-21)15(19)3/h6-7,10-14H,4-5,8-9H2,1-3H3,(H,22,24,25)/t13-,14-/m1/s1. The van der Waals surface area contributed by atoms with Crippen molar-refractivity contribution in [2.24, 2.45) is 0 Å². The minimum absolute atomic E-state index is 0.252. The van der Waals surface area contributed by atoms with Gasteiger partial charge in [0.05, 0.1) is 29.6 Å². The molecule has 1 fully saturated rings. The molecular formula is C20H25FN6. The topological polar surface area (TPSA) is 58.9 Å². The lowest BCUT2D eigenvalue weighted by atomic mass is 10.2. The van der Waals surface area contributed by atoms with Crippen molar-refractivity contribution >= 4 is 28.2 Å². The normalized spacial score (nSPS) is 19.8. The van der Waals surface area contributed by atoms with Crippen LogP contribution in [0.3, 0.4) is 0 Å². The highest BCUT2D eigenvalue weighted by molar-refractivity contribution is 5.83. The maximum Gasteiger partial charge on any atom is 0.227 e. The van der Waals surface area contributed by atoms with Crippen molar-refractivity contribution < 1.29 is 4.39 Å². The van der Waals surface area contributed by atoms with Crippen LogP contribution in [-0.2, 0) is 6.54 Å². The number of alkyl halides is 1. The van der Waals surface area contributed by atoms with Crippen LogP contribution in [-0.4, -0.2) is 38.5 Å². The summed E-state index contributed by atoms with van der Waals surface area (Å²) in [6.45, 7) is 6.27. The van der Waals surface area contributed by atoms with E-state index in [0.29, 0.717) is 18.0 Å². The Morgan fingerprint density at radius 2 is 1.96 bits per heavy atom. The van der Waals surface area contributed by atoms with Gasteiger partial charge in [0, 0.05) is 29.4 Å². The Labute approximate surface area is 158 Å². The Kier molecular flexibility index (Phi) is 4.68. The predicted octanol–water partition coefficient (Wildman–Crippen LogP) is 4.23. The fraction of sp³-hybridized carbons (Fsp3) is 0.450. The number of aryl methyl sites for hydroxylation is 1. The molecule has 0 aliphatic carbocycles. The van der Waals surface area contributed by atoms with Gasteiger partial charge in [0.2, 0.25) is 5.95 Å². The second kappa shape index (κ2) is 7.13. The highest BCUT2D eigenvalue weighted by Crippen LogP contribution is 2.32. The van der Waals surface area contributed by atoms with E-state index < -0.39 is 6.67 Å². The molecule has 1 aliphatic heterocycles. The van der Waals surface area contributed by atoms with Crippen molar-refractivity contribution in [2.45, 2.75) is 52.2 Å². The molecule has 4 rings (SSSR count). The van der Waals surface area contributed by atoms with Crippen molar-refractivity contribution in [3.8, 4) is 0 Å². The molecule has 1 aliphatic rings. The quantitative estimate of drug-likeness (QED) is 0.730. The molecule has 1 saturated heterocycles. The lowest BCUT2D eigenvalue weighted by molar-refractivity contribution is 0.423. The van der Waals surface area contributed by atoms with E-state index in [4.69, 9.17) is 0 Å². The van der Waals surface area contributed by atoms with Crippen LogP contribution in [0.4, 0.5) is 21.7 Å². The lowest BCUT2D eigenvalue weighted by Gasteiger charge is -2.28. The van der Waals surface area contributed by atoms with Gasteiger partial charge in [-0.1, -0.05) is 0 Å². The monoisotopic (exact) mass is 368 g/mol. The van der Waals surface area contributed by atoms with Crippen molar-refractivity contribution in [3.63, 3.8) is 0 Å². The van der Waals surface area contributed by atoms with Gasteiger partial charge >= 0.3 is 0 Å². The summed E-state index contributed by atoms with van der Waals surface area (Å²) in [6.07, 6.45) is 5.95. The van der Waals surface area contributed by atoms with Gasteiger partial charge < -0.3 is 10.2 Å². The van der Waals surface area contributed by atoms with E-state index in [2.05, 4.69) is 57.3 Å². The molecule has 27 heavy (non-hydrogen) atoms. The fourth-order valence-corrected chi connectivity index (χ4v) is 3.93. The summed E-state index contributed by atoms with van der Waals surface area (Å²) in [5.74, 6) is 0.519. The average Bonchev–Trinajstić information content (AvgIpc) is 3.18. The van der Waals surface area contributed by atoms with Crippen LogP contribution in [0.5, 0.6) is 0 Å². The van der Waals surface area contributed by atoms with Crippen LogP contribution in [0, 0.1) is 6.92 Å². The van der Waals surface area contributed by atoms with Crippen molar-refractivity contribution in [3.05, 3.63) is 36.3 Å². The summed E-state index contributed by atoms with van der Waals surface area (Å²) in [4.78, 5) is 11.6. The zero-order valence-electron chi connectivity index (χ0n) is 16.0. The van der Waals surface area contributed by atoms with Gasteiger partial charge in [-0.25, -0.2) is 14.4 Å². The summed E-state index contributed by atoms with van der Waals surface area (Å²) < 4.78 is 14.2. The van der Waals surface area contributed by atoms with Gasteiger partial charge in [0.25, 0.3) is 0 Å². The smallest absolute Gasteiger partial charge is 0.227 e. The Bertz CT molecular complexity index is 943. The zero-order valence-corrected chi connectivity index (χ0v) is 16.0. The van der Waals surface area contributed by atoms with Gasteiger partial charge in [0.1, 0.15) is 6.67 Å². The van der Waals surface area contributed by atoms with E-state index >= 15 is 0 Å². The molecule has 3 heterocycles. The molecule has 1 aromatic carbocycles. The summed E-state index contributed by atoms with van der Waals surface area (Å²) in [5.41, 5.74) is 3.77. The number of anilines is 3. The molecule has 0 saturated carbocycles. The van der Waals surface area contributed by atoms with Gasteiger partial charge in [-0.05, 0) is 51.8 Å². The van der Waals surface area contributed by atoms with E-state index in [0.717, 1.165) is 22.3 Å². The first-order valence-electron chi connectivity index (χ1n) is 9.47. The number of nitrogens with zero attached hydrogens (tertiary/aromatic N) is 5. The predicted molar refractivity (Wildman–Crippen MR) is 106 cm³/mol. The Balaban J connectivity index is 1.63. The number of halogens is 1. The Hall–Kier alpha value is -2.70. The first kappa shape index (κ1) is 17.7. The van der Waals surface area contributed by atoms with Crippen LogP contribution in [0.25, 0.3) is 10.9 Å². The van der Waals surface area contributed by atoms with Crippen LogP contribution < -0.4 is 10.2 Å². The molecule has 0 amide bonds. The number of hydrogen-bond acceptors (Lipinski definition) is 5. The number of hydrogen-bond donors (Lipinski definition) is 1. The van der Waals surface area contributed by atoms with Crippen molar-refractivity contribution in [1.82, 2.24) is 19.7 Å². The number of benzene rings is 1. The first-order valence-corrected chi connectivity index (χ1v) is 9.47. The van der Waals surface area contributed by atoms with E-state index in [1.807, 2.05) is 13.1 Å². The SMILES string of the molecule is Cc1c(Nc2ncc3ccc(N4[C@H](C)CC[C@H]4C)cc3n2)cnn1CCF. The second-order valence-electron chi connectivity index (χ2n) is 7.30. The van der Waals surface area contributed by atoms with Crippen molar-refractivity contribution in [2.75, 3.05) is 16.9 Å². The Morgan fingerprint density at radius 3 is 2.70 bits per heavy atom. The van der Waals surface area contributed by atoms with Crippen molar-refractivity contribution in [1.29, 1.82) is 0 Å². The number of fused-ring (bicyclic) bond motifs is 1. The molecule has 142 valence electrons. The number of nitrogens with one attached hydrogen (secondary N) is 1. The zero-order chi connectivity index (χ0) is 19.0. The van der Waals surface area contributed by atoms with E-state index in [1.54, 1.807) is 10.9 Å². The fourth-order valence-electron chi connectivity index (χ4n) is 3.93.